The van der Waals surface area contributed by atoms with Gasteiger partial charge in [-0.15, -0.1) is 0 Å². The number of amides is 2. The summed E-state index contributed by atoms with van der Waals surface area (Å²) in [5.41, 5.74) is 19.2. The van der Waals surface area contributed by atoms with Crippen molar-refractivity contribution >= 4 is 40.1 Å². The van der Waals surface area contributed by atoms with E-state index in [2.05, 4.69) is 25.9 Å². The van der Waals surface area contributed by atoms with Crippen LogP contribution in [-0.2, 0) is 16.1 Å². The first-order valence-corrected chi connectivity index (χ1v) is 11.6. The highest BCUT2D eigenvalue weighted by Gasteiger charge is 2.22. The van der Waals surface area contributed by atoms with Crippen molar-refractivity contribution in [1.29, 1.82) is 0 Å². The molecule has 0 aliphatic heterocycles. The summed E-state index contributed by atoms with van der Waals surface area (Å²) in [6.07, 6.45) is 0.158. The Kier molecular flexibility index (Phi) is 7.86. The SMILES string of the molecule is NCCNc1nonc1-c1nc2ccccc2n1CC(=O)c1ccc(NC(=O)[C@@H](N)CCC(N)=O)cc1. The van der Waals surface area contributed by atoms with E-state index >= 15 is 0 Å². The summed E-state index contributed by atoms with van der Waals surface area (Å²) in [6, 6.07) is 13.0. The molecule has 0 bridgehead atoms. The molecule has 0 aliphatic carbocycles. The van der Waals surface area contributed by atoms with Gasteiger partial charge in [0.1, 0.15) is 0 Å². The van der Waals surface area contributed by atoms with Gasteiger partial charge in [0.2, 0.25) is 17.6 Å². The van der Waals surface area contributed by atoms with E-state index in [9.17, 15) is 14.4 Å². The Hall–Kier alpha value is -4.62. The van der Waals surface area contributed by atoms with Crippen LogP contribution in [0, 0.1) is 0 Å². The largest absolute Gasteiger partial charge is 0.370 e. The van der Waals surface area contributed by atoms with Gasteiger partial charge >= 0.3 is 0 Å². The average molecular weight is 506 g/mol. The van der Waals surface area contributed by atoms with Crippen LogP contribution in [0.4, 0.5) is 11.5 Å². The van der Waals surface area contributed by atoms with Crippen LogP contribution < -0.4 is 27.8 Å². The van der Waals surface area contributed by atoms with Crippen molar-refractivity contribution in [3.05, 3.63) is 54.1 Å². The first kappa shape index (κ1) is 25.5. The van der Waals surface area contributed by atoms with Gasteiger partial charge in [0.15, 0.2) is 17.3 Å². The monoisotopic (exact) mass is 505 g/mol. The second-order valence-electron chi connectivity index (χ2n) is 8.29. The third kappa shape index (κ3) is 5.97. The van der Waals surface area contributed by atoms with E-state index in [0.29, 0.717) is 47.2 Å². The highest BCUT2D eigenvalue weighted by Crippen LogP contribution is 2.28. The predicted octanol–water partition coefficient (Wildman–Crippen LogP) is 0.871. The van der Waals surface area contributed by atoms with Crippen molar-refractivity contribution in [3.8, 4) is 11.5 Å². The van der Waals surface area contributed by atoms with Crippen molar-refractivity contribution in [2.24, 2.45) is 17.2 Å². The highest BCUT2D eigenvalue weighted by molar-refractivity contribution is 5.99. The lowest BCUT2D eigenvalue weighted by Gasteiger charge is -2.12. The number of para-hydroxylation sites is 2. The molecule has 2 heterocycles. The van der Waals surface area contributed by atoms with E-state index in [0.717, 1.165) is 5.52 Å². The molecule has 1 atom stereocenters. The first-order valence-electron chi connectivity index (χ1n) is 11.6. The fourth-order valence-electron chi connectivity index (χ4n) is 3.70. The molecule has 4 aromatic rings. The molecular weight excluding hydrogens is 478 g/mol. The number of aromatic nitrogens is 4. The van der Waals surface area contributed by atoms with E-state index in [1.165, 1.54) is 0 Å². The number of imidazole rings is 1. The third-order valence-electron chi connectivity index (χ3n) is 5.61. The quantitative estimate of drug-likeness (QED) is 0.171. The van der Waals surface area contributed by atoms with Gasteiger partial charge in [0, 0.05) is 30.8 Å². The molecule has 37 heavy (non-hydrogen) atoms. The topological polar surface area (TPSA) is 210 Å². The van der Waals surface area contributed by atoms with Crippen LogP contribution in [0.3, 0.4) is 0 Å². The number of anilines is 2. The van der Waals surface area contributed by atoms with Crippen LogP contribution >= 0.6 is 0 Å². The summed E-state index contributed by atoms with van der Waals surface area (Å²) in [7, 11) is 0. The zero-order chi connectivity index (χ0) is 26.4. The van der Waals surface area contributed by atoms with E-state index in [1.54, 1.807) is 28.8 Å². The third-order valence-corrected chi connectivity index (χ3v) is 5.61. The second kappa shape index (κ2) is 11.4. The Balaban J connectivity index is 1.53. The zero-order valence-corrected chi connectivity index (χ0v) is 19.9. The van der Waals surface area contributed by atoms with Gasteiger partial charge < -0.3 is 32.4 Å². The Bertz CT molecular complexity index is 1410. The second-order valence-corrected chi connectivity index (χ2v) is 8.29. The maximum Gasteiger partial charge on any atom is 0.241 e. The molecule has 13 heteroatoms. The maximum absolute atomic E-state index is 13.2. The molecule has 0 saturated heterocycles. The van der Waals surface area contributed by atoms with E-state index in [1.807, 2.05) is 24.3 Å². The molecule has 2 aromatic heterocycles. The molecule has 2 aromatic carbocycles. The summed E-state index contributed by atoms with van der Waals surface area (Å²) in [6.45, 7) is 0.818. The molecule has 2 amide bonds. The van der Waals surface area contributed by atoms with Gasteiger partial charge in [0.25, 0.3) is 0 Å². The lowest BCUT2D eigenvalue weighted by molar-refractivity contribution is -0.119. The number of rotatable bonds is 12. The number of carbonyl (C=O) groups is 3. The predicted molar refractivity (Wildman–Crippen MR) is 136 cm³/mol. The summed E-state index contributed by atoms with van der Waals surface area (Å²) in [4.78, 5) is 41.0. The molecule has 8 N–H and O–H groups in total. The van der Waals surface area contributed by atoms with Crippen molar-refractivity contribution in [2.75, 3.05) is 23.7 Å². The molecule has 192 valence electrons. The number of primary amides is 1. The fourth-order valence-corrected chi connectivity index (χ4v) is 3.70. The zero-order valence-electron chi connectivity index (χ0n) is 19.9. The van der Waals surface area contributed by atoms with Gasteiger partial charge in [-0.1, -0.05) is 12.1 Å². The van der Waals surface area contributed by atoms with Gasteiger partial charge in [0.05, 0.1) is 23.6 Å². The first-order chi connectivity index (χ1) is 17.9. The smallest absolute Gasteiger partial charge is 0.241 e. The van der Waals surface area contributed by atoms with Crippen molar-refractivity contribution in [2.45, 2.75) is 25.4 Å². The van der Waals surface area contributed by atoms with Crippen LogP contribution in [0.1, 0.15) is 23.2 Å². The number of nitrogens with two attached hydrogens (primary N) is 3. The van der Waals surface area contributed by atoms with Crippen LogP contribution in [0.15, 0.2) is 53.2 Å². The van der Waals surface area contributed by atoms with Crippen molar-refractivity contribution in [3.63, 3.8) is 0 Å². The van der Waals surface area contributed by atoms with E-state index < -0.39 is 17.9 Å². The maximum atomic E-state index is 13.2. The number of nitrogens with one attached hydrogen (secondary N) is 2. The van der Waals surface area contributed by atoms with E-state index in [4.69, 9.17) is 21.8 Å². The fraction of sp³-hybridized carbons (Fsp3) is 0.250. The summed E-state index contributed by atoms with van der Waals surface area (Å²) >= 11 is 0. The molecule has 0 spiro atoms. The number of hydrogen-bond acceptors (Lipinski definition) is 10. The molecule has 4 rings (SSSR count). The number of carbonyl (C=O) groups excluding carboxylic acids is 3. The normalized spacial score (nSPS) is 11.8. The molecule has 0 fully saturated rings. The summed E-state index contributed by atoms with van der Waals surface area (Å²) in [5, 5.41) is 13.6. The Morgan fingerprint density at radius 2 is 1.81 bits per heavy atom. The molecule has 0 unspecified atom stereocenters. The standard InChI is InChI=1S/C24H27N9O4/c25-11-12-28-22-21(31-37-32-22)23-30-17-3-1-2-4-18(17)33(23)13-19(34)14-5-7-15(8-6-14)29-24(36)16(26)9-10-20(27)35/h1-8,16H,9-13,25-26H2,(H2,27,35)(H,28,32)(H,29,36)/t16-/m0/s1. The van der Waals surface area contributed by atoms with Gasteiger partial charge in [-0.25, -0.2) is 9.61 Å². The summed E-state index contributed by atoms with van der Waals surface area (Å²) < 4.78 is 6.67. The van der Waals surface area contributed by atoms with E-state index in [-0.39, 0.29) is 25.2 Å². The Morgan fingerprint density at radius 1 is 1.05 bits per heavy atom. The number of Topliss-reactive ketones (excluding diaryl/α,β-unsaturated/α-hetero) is 1. The molecular formula is C24H27N9O4. The number of fused-ring (bicyclic) bond motifs is 1. The minimum absolute atomic E-state index is 0.0158. The lowest BCUT2D eigenvalue weighted by Crippen LogP contribution is -2.36. The molecule has 0 aliphatic rings. The van der Waals surface area contributed by atoms with Gasteiger partial charge in [-0.2, -0.15) is 0 Å². The Morgan fingerprint density at radius 3 is 2.54 bits per heavy atom. The minimum atomic E-state index is -0.878. The summed E-state index contributed by atoms with van der Waals surface area (Å²) in [5.74, 6) is -0.362. The van der Waals surface area contributed by atoms with Gasteiger partial charge in [-0.3, -0.25) is 14.4 Å². The van der Waals surface area contributed by atoms with Crippen LogP contribution in [0.5, 0.6) is 0 Å². The van der Waals surface area contributed by atoms with Crippen LogP contribution in [0.25, 0.3) is 22.6 Å². The molecule has 0 saturated carbocycles. The average Bonchev–Trinajstić information content (AvgIpc) is 3.50. The molecule has 0 radical (unpaired) electrons. The number of benzene rings is 2. The van der Waals surface area contributed by atoms with Crippen LogP contribution in [0.2, 0.25) is 0 Å². The van der Waals surface area contributed by atoms with Gasteiger partial charge in [-0.05, 0) is 53.1 Å². The minimum Gasteiger partial charge on any atom is -0.370 e. The lowest BCUT2D eigenvalue weighted by atomic mass is 10.1. The number of nitrogens with zero attached hydrogens (tertiary/aromatic N) is 4. The van der Waals surface area contributed by atoms with Crippen molar-refractivity contribution < 1.29 is 19.0 Å². The Labute approximate surface area is 211 Å². The molecule has 13 nitrogen and oxygen atoms in total. The number of ketones is 1. The van der Waals surface area contributed by atoms with Crippen LogP contribution in [-0.4, -0.2) is 56.6 Å². The number of hydrogen-bond donors (Lipinski definition) is 5. The highest BCUT2D eigenvalue weighted by atomic mass is 16.6. The van der Waals surface area contributed by atoms with Crippen molar-refractivity contribution in [1.82, 2.24) is 19.9 Å².